The van der Waals surface area contributed by atoms with E-state index in [9.17, 15) is 19.8 Å². The normalized spacial score (nSPS) is 11.0. The Kier molecular flexibility index (Phi) is 6.28. The van der Waals surface area contributed by atoms with Crippen molar-refractivity contribution in [2.24, 2.45) is 0 Å². The zero-order valence-corrected chi connectivity index (χ0v) is 19.2. The van der Waals surface area contributed by atoms with Crippen molar-refractivity contribution in [3.8, 4) is 22.8 Å². The number of hydrogen-bond donors (Lipinski definition) is 3. The average molecular weight is 482 g/mol. The third-order valence-electron chi connectivity index (χ3n) is 6.09. The molecule has 0 aliphatic heterocycles. The Hall–Kier alpha value is -4.78. The summed E-state index contributed by atoms with van der Waals surface area (Å²) in [6.07, 6.45) is -0.263. The number of H-pyrrole nitrogens is 1. The molecule has 0 bridgehead atoms. The van der Waals surface area contributed by atoms with Gasteiger partial charge in [0.25, 0.3) is 0 Å². The molecule has 0 saturated carbocycles. The number of benzene rings is 4. The smallest absolute Gasteiger partial charge is 0.493 e. The predicted octanol–water partition coefficient (Wildman–Crippen LogP) is 6.75. The number of carboxylic acids is 1. The summed E-state index contributed by atoms with van der Waals surface area (Å²) in [6, 6.07) is 26.2. The fourth-order valence-electron chi connectivity index (χ4n) is 4.49. The summed E-state index contributed by atoms with van der Waals surface area (Å²) < 4.78 is 11.1. The summed E-state index contributed by atoms with van der Waals surface area (Å²) in [6.45, 7) is 0.438. The van der Waals surface area contributed by atoms with Gasteiger partial charge >= 0.3 is 12.1 Å². The molecular weight excluding hydrogens is 458 g/mol. The van der Waals surface area contributed by atoms with Gasteiger partial charge in [-0.15, -0.1) is 0 Å². The molecule has 0 aliphatic rings. The van der Waals surface area contributed by atoms with Crippen LogP contribution in [0.2, 0.25) is 0 Å². The number of carbonyl (C=O) groups is 2. The quantitative estimate of drug-likeness (QED) is 0.167. The molecule has 0 fully saturated rings. The van der Waals surface area contributed by atoms with Crippen LogP contribution in [0.15, 0.2) is 84.9 Å². The Balaban J connectivity index is 1.43. The highest BCUT2D eigenvalue weighted by atomic mass is 16.7. The van der Waals surface area contributed by atoms with Crippen LogP contribution in [0.4, 0.5) is 4.79 Å². The first-order chi connectivity index (χ1) is 17.5. The third-order valence-corrected chi connectivity index (χ3v) is 6.09. The molecule has 0 unspecified atom stereocenters. The number of aromatic amines is 1. The van der Waals surface area contributed by atoms with E-state index in [1.165, 1.54) is 6.07 Å². The summed E-state index contributed by atoms with van der Waals surface area (Å²) in [5.41, 5.74) is 3.04. The molecule has 7 nitrogen and oxygen atoms in total. The van der Waals surface area contributed by atoms with Crippen LogP contribution < -0.4 is 9.47 Å². The maximum Gasteiger partial charge on any atom is 0.512 e. The second kappa shape index (κ2) is 9.84. The van der Waals surface area contributed by atoms with Gasteiger partial charge in [-0.05, 0) is 42.0 Å². The lowest BCUT2D eigenvalue weighted by Gasteiger charge is -2.10. The summed E-state index contributed by atoms with van der Waals surface area (Å²) in [5, 5.41) is 21.6. The van der Waals surface area contributed by atoms with Gasteiger partial charge < -0.3 is 24.7 Å². The number of nitrogens with one attached hydrogen (secondary N) is 1. The molecule has 1 aromatic heterocycles. The molecule has 1 heterocycles. The van der Waals surface area contributed by atoms with E-state index in [1.54, 1.807) is 12.1 Å². The molecule has 0 saturated heterocycles. The van der Waals surface area contributed by atoms with Crippen LogP contribution in [-0.4, -0.2) is 33.9 Å². The number of aromatic carboxylic acids is 1. The third kappa shape index (κ3) is 4.59. The number of aryl methyl sites for hydroxylation is 1. The second-order valence-electron chi connectivity index (χ2n) is 8.34. The molecule has 36 heavy (non-hydrogen) atoms. The SMILES string of the molecule is O=C(O)Oc1[nH]c2c(-c3cccc(C(=O)O)c3)cccc2c1CCCOc1cccc2ccccc12. The Labute approximate surface area is 206 Å². The van der Waals surface area contributed by atoms with Crippen LogP contribution in [0.1, 0.15) is 22.3 Å². The summed E-state index contributed by atoms with van der Waals surface area (Å²) >= 11 is 0. The Morgan fingerprint density at radius 1 is 0.833 bits per heavy atom. The van der Waals surface area contributed by atoms with Crippen molar-refractivity contribution < 1.29 is 29.3 Å². The van der Waals surface area contributed by atoms with Crippen molar-refractivity contribution in [3.05, 3.63) is 96.1 Å². The Morgan fingerprint density at radius 3 is 2.42 bits per heavy atom. The minimum Gasteiger partial charge on any atom is -0.493 e. The van der Waals surface area contributed by atoms with Crippen LogP contribution >= 0.6 is 0 Å². The Bertz CT molecular complexity index is 1580. The topological polar surface area (TPSA) is 109 Å². The Morgan fingerprint density at radius 2 is 1.58 bits per heavy atom. The maximum atomic E-state index is 11.4. The molecule has 0 radical (unpaired) electrons. The van der Waals surface area contributed by atoms with E-state index in [4.69, 9.17) is 9.47 Å². The van der Waals surface area contributed by atoms with Gasteiger partial charge in [-0.1, -0.05) is 66.7 Å². The van der Waals surface area contributed by atoms with Gasteiger partial charge in [0.15, 0.2) is 0 Å². The zero-order chi connectivity index (χ0) is 25.1. The number of carboxylic acid groups (broad SMARTS) is 2. The van der Waals surface area contributed by atoms with Crippen molar-refractivity contribution in [1.82, 2.24) is 4.98 Å². The van der Waals surface area contributed by atoms with Crippen molar-refractivity contribution in [2.75, 3.05) is 6.61 Å². The lowest BCUT2D eigenvalue weighted by Crippen LogP contribution is -2.06. The van der Waals surface area contributed by atoms with E-state index in [2.05, 4.69) is 4.98 Å². The van der Waals surface area contributed by atoms with Crippen LogP contribution in [0, 0.1) is 0 Å². The lowest BCUT2D eigenvalue weighted by molar-refractivity contribution is 0.0696. The standard InChI is InChI=1S/C29H23NO6/c31-28(32)20-10-3-9-19(17-20)22-12-5-13-23-24(27(30-26(22)23)36-29(33)34)14-6-16-35-25-15-4-8-18-7-1-2-11-21(18)25/h1-5,7-13,15,17,30H,6,14,16H2,(H,31,32)(H,33,34). The molecule has 0 atom stereocenters. The molecule has 0 amide bonds. The van der Waals surface area contributed by atoms with Crippen LogP contribution in [0.25, 0.3) is 32.8 Å². The molecule has 0 spiro atoms. The number of rotatable bonds is 8. The van der Waals surface area contributed by atoms with E-state index in [0.29, 0.717) is 30.5 Å². The monoisotopic (exact) mass is 481 g/mol. The zero-order valence-electron chi connectivity index (χ0n) is 19.2. The average Bonchev–Trinajstić information content (AvgIpc) is 3.23. The number of para-hydroxylation sites is 1. The molecule has 5 aromatic rings. The fourth-order valence-corrected chi connectivity index (χ4v) is 4.49. The predicted molar refractivity (Wildman–Crippen MR) is 137 cm³/mol. The van der Waals surface area contributed by atoms with E-state index in [1.807, 2.05) is 66.7 Å². The van der Waals surface area contributed by atoms with Gasteiger partial charge in [-0.3, -0.25) is 0 Å². The van der Waals surface area contributed by atoms with E-state index >= 15 is 0 Å². The van der Waals surface area contributed by atoms with Crippen LogP contribution in [0.3, 0.4) is 0 Å². The van der Waals surface area contributed by atoms with Crippen molar-refractivity contribution in [1.29, 1.82) is 0 Å². The number of fused-ring (bicyclic) bond motifs is 2. The molecule has 0 aliphatic carbocycles. The highest BCUT2D eigenvalue weighted by Gasteiger charge is 2.18. The van der Waals surface area contributed by atoms with Gasteiger partial charge in [0.05, 0.1) is 17.7 Å². The minimum absolute atomic E-state index is 0.157. The second-order valence-corrected chi connectivity index (χ2v) is 8.34. The first-order valence-electron chi connectivity index (χ1n) is 11.5. The molecular formula is C29H23NO6. The number of hydrogen-bond acceptors (Lipinski definition) is 4. The maximum absolute atomic E-state index is 11.4. The van der Waals surface area contributed by atoms with Gasteiger partial charge in [-0.2, -0.15) is 0 Å². The van der Waals surface area contributed by atoms with Crippen molar-refractivity contribution in [3.63, 3.8) is 0 Å². The van der Waals surface area contributed by atoms with Gasteiger partial charge in [0, 0.05) is 21.9 Å². The van der Waals surface area contributed by atoms with Gasteiger partial charge in [-0.25, -0.2) is 9.59 Å². The van der Waals surface area contributed by atoms with E-state index in [-0.39, 0.29) is 11.4 Å². The summed E-state index contributed by atoms with van der Waals surface area (Å²) in [5.74, 6) is -0.0589. The van der Waals surface area contributed by atoms with E-state index in [0.717, 1.165) is 33.0 Å². The van der Waals surface area contributed by atoms with Crippen LogP contribution in [-0.2, 0) is 6.42 Å². The van der Waals surface area contributed by atoms with Crippen molar-refractivity contribution >= 4 is 33.8 Å². The number of ether oxygens (including phenoxy) is 2. The highest BCUT2D eigenvalue weighted by molar-refractivity contribution is 5.99. The molecule has 5 rings (SSSR count). The fraction of sp³-hybridized carbons (Fsp3) is 0.103. The molecule has 3 N–H and O–H groups in total. The minimum atomic E-state index is -1.41. The summed E-state index contributed by atoms with van der Waals surface area (Å²) in [7, 11) is 0. The first kappa shape index (κ1) is 23.0. The largest absolute Gasteiger partial charge is 0.512 e. The van der Waals surface area contributed by atoms with Gasteiger partial charge in [0.1, 0.15) is 5.75 Å². The van der Waals surface area contributed by atoms with E-state index < -0.39 is 12.1 Å². The molecule has 180 valence electrons. The summed E-state index contributed by atoms with van der Waals surface area (Å²) in [4.78, 5) is 25.9. The van der Waals surface area contributed by atoms with Crippen LogP contribution in [0.5, 0.6) is 11.6 Å². The number of aromatic nitrogens is 1. The first-order valence-corrected chi connectivity index (χ1v) is 11.5. The van der Waals surface area contributed by atoms with Gasteiger partial charge in [0.2, 0.25) is 5.88 Å². The molecule has 4 aromatic carbocycles. The van der Waals surface area contributed by atoms with Crippen molar-refractivity contribution in [2.45, 2.75) is 12.8 Å². The molecule has 7 heteroatoms. The lowest BCUT2D eigenvalue weighted by atomic mass is 9.99. The highest BCUT2D eigenvalue weighted by Crippen LogP contribution is 2.36.